The largest absolute Gasteiger partial charge is 0.478 e. The Morgan fingerprint density at radius 3 is 2.89 bits per heavy atom. The summed E-state index contributed by atoms with van der Waals surface area (Å²) in [6, 6.07) is 2.72. The van der Waals surface area contributed by atoms with Gasteiger partial charge in [-0.2, -0.15) is 0 Å². The summed E-state index contributed by atoms with van der Waals surface area (Å²) in [5.74, 6) is 0.749. The van der Waals surface area contributed by atoms with Crippen LogP contribution in [0, 0.1) is 6.92 Å². The number of aromatic carboxylic acids is 1. The molecule has 0 saturated heterocycles. The quantitative estimate of drug-likeness (QED) is 0.861. The molecule has 2 aromatic heterocycles. The van der Waals surface area contributed by atoms with Gasteiger partial charge in [0, 0.05) is 6.20 Å². The molecule has 0 radical (unpaired) electrons. The minimum Gasteiger partial charge on any atom is -0.478 e. The molecule has 1 atom stereocenters. The van der Waals surface area contributed by atoms with Gasteiger partial charge >= 0.3 is 5.97 Å². The number of carboxylic acids is 1. The normalized spacial score (nSPS) is 12.1. The Morgan fingerprint density at radius 2 is 2.28 bits per heavy atom. The average Bonchev–Trinajstić information content (AvgIpc) is 2.76. The highest BCUT2D eigenvalue weighted by atomic mass is 16.4. The van der Waals surface area contributed by atoms with Crippen LogP contribution in [0.3, 0.4) is 0 Å². The minimum atomic E-state index is -0.986. The van der Waals surface area contributed by atoms with E-state index in [9.17, 15) is 4.79 Å². The number of nitrogens with one attached hydrogen (secondary N) is 1. The topological polar surface area (TPSA) is 88.2 Å². The van der Waals surface area contributed by atoms with Gasteiger partial charge < -0.3 is 14.8 Å². The fourth-order valence-corrected chi connectivity index (χ4v) is 1.50. The molecular weight excluding hydrogens is 234 g/mol. The van der Waals surface area contributed by atoms with Crippen LogP contribution in [0.2, 0.25) is 0 Å². The van der Waals surface area contributed by atoms with E-state index in [1.54, 1.807) is 6.20 Å². The smallest absolute Gasteiger partial charge is 0.335 e. The van der Waals surface area contributed by atoms with E-state index in [-0.39, 0.29) is 11.6 Å². The van der Waals surface area contributed by atoms with Crippen LogP contribution in [0.1, 0.15) is 35.0 Å². The number of rotatable bonds is 4. The molecule has 2 N–H and O–H groups in total. The van der Waals surface area contributed by atoms with E-state index in [2.05, 4.69) is 15.3 Å². The van der Waals surface area contributed by atoms with E-state index in [0.29, 0.717) is 11.7 Å². The Hall–Kier alpha value is -2.37. The molecule has 6 nitrogen and oxygen atoms in total. The lowest BCUT2D eigenvalue weighted by Gasteiger charge is -2.11. The molecule has 2 heterocycles. The highest BCUT2D eigenvalue weighted by molar-refractivity contribution is 5.88. The highest BCUT2D eigenvalue weighted by Gasteiger charge is 2.12. The number of nitrogens with zero attached hydrogens (tertiary/aromatic N) is 2. The number of pyridine rings is 1. The first-order chi connectivity index (χ1) is 8.56. The first-order valence-corrected chi connectivity index (χ1v) is 5.44. The van der Waals surface area contributed by atoms with Gasteiger partial charge in [0.15, 0.2) is 0 Å². The molecule has 0 saturated carbocycles. The van der Waals surface area contributed by atoms with Crippen molar-refractivity contribution in [1.29, 1.82) is 0 Å². The van der Waals surface area contributed by atoms with Crippen molar-refractivity contribution in [3.63, 3.8) is 0 Å². The number of carboxylic acid groups (broad SMARTS) is 1. The highest BCUT2D eigenvalue weighted by Crippen LogP contribution is 2.18. The van der Waals surface area contributed by atoms with Crippen LogP contribution in [-0.2, 0) is 0 Å². The predicted molar refractivity (Wildman–Crippen MR) is 64.5 cm³/mol. The van der Waals surface area contributed by atoms with Crippen molar-refractivity contribution in [3.05, 3.63) is 41.7 Å². The van der Waals surface area contributed by atoms with Gasteiger partial charge in [0.25, 0.3) is 0 Å². The number of aromatic nitrogens is 2. The van der Waals surface area contributed by atoms with E-state index in [4.69, 9.17) is 9.52 Å². The van der Waals surface area contributed by atoms with Gasteiger partial charge in [0.2, 0.25) is 5.89 Å². The fourth-order valence-electron chi connectivity index (χ4n) is 1.50. The molecule has 0 fully saturated rings. The molecule has 0 amide bonds. The summed E-state index contributed by atoms with van der Waals surface area (Å²) in [6.45, 7) is 3.67. The maximum absolute atomic E-state index is 10.8. The summed E-state index contributed by atoms with van der Waals surface area (Å²) in [5.41, 5.74) is 0.184. The molecule has 18 heavy (non-hydrogen) atoms. The zero-order chi connectivity index (χ0) is 13.1. The molecule has 2 rings (SSSR count). The first kappa shape index (κ1) is 12.1. The summed E-state index contributed by atoms with van der Waals surface area (Å²) >= 11 is 0. The maximum Gasteiger partial charge on any atom is 0.335 e. The number of hydrogen-bond donors (Lipinski definition) is 2. The van der Waals surface area contributed by atoms with Crippen molar-refractivity contribution in [1.82, 2.24) is 9.97 Å². The second-order valence-corrected chi connectivity index (χ2v) is 3.91. The zero-order valence-electron chi connectivity index (χ0n) is 10.0. The van der Waals surface area contributed by atoms with E-state index >= 15 is 0 Å². The van der Waals surface area contributed by atoms with Crippen LogP contribution in [0.4, 0.5) is 5.82 Å². The first-order valence-electron chi connectivity index (χ1n) is 5.44. The van der Waals surface area contributed by atoms with Crippen molar-refractivity contribution < 1.29 is 14.3 Å². The Bertz CT molecular complexity index is 565. The third-order valence-corrected chi connectivity index (χ3v) is 2.38. The molecular formula is C12H13N3O3. The van der Waals surface area contributed by atoms with Crippen LogP contribution in [0.5, 0.6) is 0 Å². The van der Waals surface area contributed by atoms with Crippen molar-refractivity contribution >= 4 is 11.8 Å². The predicted octanol–water partition coefficient (Wildman–Crippen LogP) is 2.25. The number of oxazole rings is 1. The Balaban J connectivity index is 2.14. The SMILES string of the molecule is Cc1cnc(C(C)Nc2cc(C(=O)O)ccn2)o1. The number of carbonyl (C=O) groups is 1. The Labute approximate surface area is 104 Å². The number of aryl methyl sites for hydroxylation is 1. The summed E-state index contributed by atoms with van der Waals surface area (Å²) in [4.78, 5) is 19.0. The van der Waals surface area contributed by atoms with Gasteiger partial charge in [-0.25, -0.2) is 14.8 Å². The Morgan fingerprint density at radius 1 is 1.50 bits per heavy atom. The van der Waals surface area contributed by atoms with Crippen molar-refractivity contribution in [2.45, 2.75) is 19.9 Å². The summed E-state index contributed by atoms with van der Waals surface area (Å²) < 4.78 is 5.38. The van der Waals surface area contributed by atoms with E-state index < -0.39 is 5.97 Å². The summed E-state index contributed by atoms with van der Waals surface area (Å²) in [7, 11) is 0. The summed E-state index contributed by atoms with van der Waals surface area (Å²) in [5, 5.41) is 11.9. The van der Waals surface area contributed by atoms with Gasteiger partial charge in [0.1, 0.15) is 17.6 Å². The average molecular weight is 247 g/mol. The lowest BCUT2D eigenvalue weighted by molar-refractivity contribution is 0.0697. The van der Waals surface area contributed by atoms with Crippen LogP contribution < -0.4 is 5.32 Å². The van der Waals surface area contributed by atoms with Crippen LogP contribution >= 0.6 is 0 Å². The van der Waals surface area contributed by atoms with Crippen LogP contribution in [0.15, 0.2) is 28.9 Å². The molecule has 0 aliphatic heterocycles. The van der Waals surface area contributed by atoms with E-state index in [1.807, 2.05) is 13.8 Å². The lowest BCUT2D eigenvalue weighted by atomic mass is 10.2. The Kier molecular flexibility index (Phi) is 3.27. The van der Waals surface area contributed by atoms with Gasteiger partial charge in [0.05, 0.1) is 11.8 Å². The number of hydrogen-bond acceptors (Lipinski definition) is 5. The second kappa shape index (κ2) is 4.87. The molecule has 0 aliphatic rings. The van der Waals surface area contributed by atoms with Gasteiger partial charge in [-0.15, -0.1) is 0 Å². The number of anilines is 1. The maximum atomic E-state index is 10.8. The van der Waals surface area contributed by atoms with E-state index in [0.717, 1.165) is 5.76 Å². The minimum absolute atomic E-state index is 0.184. The zero-order valence-corrected chi connectivity index (χ0v) is 10.0. The van der Waals surface area contributed by atoms with Crippen LogP contribution in [0.25, 0.3) is 0 Å². The molecule has 94 valence electrons. The molecule has 6 heteroatoms. The standard InChI is InChI=1S/C12H13N3O3/c1-7-6-14-11(18-7)8(2)15-10-5-9(12(16)17)3-4-13-10/h3-6,8H,1-2H3,(H,13,15)(H,16,17). The monoisotopic (exact) mass is 247 g/mol. The van der Waals surface area contributed by atoms with Gasteiger partial charge in [-0.1, -0.05) is 0 Å². The van der Waals surface area contributed by atoms with Gasteiger partial charge in [-0.3, -0.25) is 0 Å². The molecule has 1 unspecified atom stereocenters. The lowest BCUT2D eigenvalue weighted by Crippen LogP contribution is -2.09. The van der Waals surface area contributed by atoms with Crippen LogP contribution in [-0.4, -0.2) is 21.0 Å². The fraction of sp³-hybridized carbons (Fsp3) is 0.250. The third-order valence-electron chi connectivity index (χ3n) is 2.38. The third kappa shape index (κ3) is 2.65. The van der Waals surface area contributed by atoms with Gasteiger partial charge in [-0.05, 0) is 26.0 Å². The van der Waals surface area contributed by atoms with Crippen molar-refractivity contribution in [2.24, 2.45) is 0 Å². The molecule has 0 bridgehead atoms. The van der Waals surface area contributed by atoms with Crippen molar-refractivity contribution in [2.75, 3.05) is 5.32 Å². The molecule has 0 aromatic carbocycles. The second-order valence-electron chi connectivity index (χ2n) is 3.91. The molecule has 0 aliphatic carbocycles. The van der Waals surface area contributed by atoms with Crippen molar-refractivity contribution in [3.8, 4) is 0 Å². The molecule has 2 aromatic rings. The van der Waals surface area contributed by atoms with E-state index in [1.165, 1.54) is 18.3 Å². The summed E-state index contributed by atoms with van der Waals surface area (Å²) in [6.07, 6.45) is 3.08. The molecule has 0 spiro atoms.